The molecule has 1 amide bonds. The molecule has 35 heavy (non-hydrogen) atoms. The van der Waals surface area contributed by atoms with Gasteiger partial charge < -0.3 is 25.8 Å². The molecule has 5 N–H and O–H groups in total. The van der Waals surface area contributed by atoms with Gasteiger partial charge in [-0.25, -0.2) is 0 Å². The van der Waals surface area contributed by atoms with Gasteiger partial charge >= 0.3 is 0 Å². The Hall–Kier alpha value is -3.29. The molecule has 0 radical (unpaired) electrons. The van der Waals surface area contributed by atoms with Gasteiger partial charge in [0.1, 0.15) is 5.58 Å². The molecule has 0 atom stereocenters. The highest BCUT2D eigenvalue weighted by Gasteiger charge is 2.18. The molecule has 5 rings (SSSR count). The van der Waals surface area contributed by atoms with Gasteiger partial charge in [0, 0.05) is 54.4 Å². The van der Waals surface area contributed by atoms with Crippen LogP contribution in [-0.4, -0.2) is 55.6 Å². The fourth-order valence-corrected chi connectivity index (χ4v) is 4.73. The number of hydrogen-bond donors (Lipinski definition) is 3. The van der Waals surface area contributed by atoms with Crippen LogP contribution in [0.4, 0.5) is 5.69 Å². The van der Waals surface area contributed by atoms with E-state index in [0.29, 0.717) is 5.58 Å². The first-order valence-corrected chi connectivity index (χ1v) is 12.0. The van der Waals surface area contributed by atoms with Crippen molar-refractivity contribution in [2.75, 3.05) is 44.7 Å². The molecule has 2 aromatic carbocycles. The molecule has 1 aliphatic rings. The molecule has 0 spiro atoms. The number of nitrogens with one attached hydrogen (secondary N) is 1. The summed E-state index contributed by atoms with van der Waals surface area (Å²) in [5, 5.41) is 2.29. The molecule has 0 saturated carbocycles. The van der Waals surface area contributed by atoms with Gasteiger partial charge in [-0.05, 0) is 81.7 Å². The number of carbonyl (C=O) groups is 1. The molecule has 2 aromatic heterocycles. The molecule has 188 valence electrons. The molecule has 3 heterocycles. The number of anilines is 1. The zero-order chi connectivity index (χ0) is 24.1. The first-order chi connectivity index (χ1) is 16.6. The first-order valence-electron chi connectivity index (χ1n) is 12.0. The van der Waals surface area contributed by atoms with Crippen molar-refractivity contribution in [2.45, 2.75) is 33.6 Å². The van der Waals surface area contributed by atoms with E-state index in [1.54, 1.807) is 6.07 Å². The lowest BCUT2D eigenvalue weighted by Crippen LogP contribution is -2.46. The highest BCUT2D eigenvalue weighted by molar-refractivity contribution is 5.95. The standard InChI is InChI=1S/C26H30N4O2.CH5N.CH4/c1-18-5-7-23-22(14-18)19(17-28-23)4-2-3-9-29-10-12-30(13-11-29)21-6-8-24-20(15-21)16-25(32-24)26(27)31;1-2;/h5-8,14-17,28H,2-4,9-13H2,1H3,(H2,27,31);2H2,1H3;1H4. The first kappa shape index (κ1) is 26.3. The summed E-state index contributed by atoms with van der Waals surface area (Å²) in [6.07, 6.45) is 5.73. The number of H-pyrrole nitrogens is 1. The van der Waals surface area contributed by atoms with Crippen molar-refractivity contribution in [2.24, 2.45) is 11.5 Å². The average molecular weight is 478 g/mol. The predicted octanol–water partition coefficient (Wildman–Crippen LogP) is 4.68. The van der Waals surface area contributed by atoms with Crippen molar-refractivity contribution in [3.8, 4) is 0 Å². The number of primary amides is 1. The van der Waals surface area contributed by atoms with E-state index in [0.717, 1.165) is 44.5 Å². The van der Waals surface area contributed by atoms with E-state index in [4.69, 9.17) is 10.2 Å². The summed E-state index contributed by atoms with van der Waals surface area (Å²) < 4.78 is 5.50. The second-order valence-corrected chi connectivity index (χ2v) is 8.85. The highest BCUT2D eigenvalue weighted by atomic mass is 16.3. The zero-order valence-corrected chi connectivity index (χ0v) is 20.1. The lowest BCUT2D eigenvalue weighted by Gasteiger charge is -2.36. The number of nitrogens with zero attached hydrogens (tertiary/aromatic N) is 2. The van der Waals surface area contributed by atoms with Gasteiger partial charge in [-0.15, -0.1) is 0 Å². The van der Waals surface area contributed by atoms with Crippen LogP contribution in [0.15, 0.2) is 53.1 Å². The van der Waals surface area contributed by atoms with Crippen LogP contribution >= 0.6 is 0 Å². The molecular weight excluding hydrogens is 438 g/mol. The number of unbranched alkanes of at least 4 members (excludes halogenated alkanes) is 1. The summed E-state index contributed by atoms with van der Waals surface area (Å²) in [5.74, 6) is -0.319. The number of amides is 1. The zero-order valence-electron chi connectivity index (χ0n) is 20.1. The lowest BCUT2D eigenvalue weighted by molar-refractivity contribution is 0.0976. The Balaban J connectivity index is 0.00000111. The quantitative estimate of drug-likeness (QED) is 0.335. The third-order valence-corrected chi connectivity index (χ3v) is 6.57. The van der Waals surface area contributed by atoms with Crippen LogP contribution < -0.4 is 16.4 Å². The topological polar surface area (TPSA) is 105 Å². The fraction of sp³-hybridized carbons (Fsp3) is 0.393. The Morgan fingerprint density at radius 2 is 1.80 bits per heavy atom. The van der Waals surface area contributed by atoms with Crippen molar-refractivity contribution >= 4 is 33.5 Å². The smallest absolute Gasteiger partial charge is 0.284 e. The van der Waals surface area contributed by atoms with Crippen LogP contribution in [0.5, 0.6) is 0 Å². The number of furan rings is 1. The number of aryl methyl sites for hydroxylation is 2. The summed E-state index contributed by atoms with van der Waals surface area (Å²) in [7, 11) is 1.50. The van der Waals surface area contributed by atoms with E-state index in [-0.39, 0.29) is 13.2 Å². The van der Waals surface area contributed by atoms with E-state index < -0.39 is 5.91 Å². The summed E-state index contributed by atoms with van der Waals surface area (Å²) in [6, 6.07) is 14.4. The minimum absolute atomic E-state index is 0. The maximum atomic E-state index is 11.4. The van der Waals surface area contributed by atoms with Crippen molar-refractivity contribution in [1.29, 1.82) is 0 Å². The number of piperazine rings is 1. The minimum atomic E-state index is -0.531. The monoisotopic (exact) mass is 477 g/mol. The number of benzene rings is 2. The number of aromatic nitrogens is 1. The molecule has 1 aliphatic heterocycles. The van der Waals surface area contributed by atoms with Gasteiger partial charge in [-0.2, -0.15) is 0 Å². The number of nitrogens with two attached hydrogens (primary N) is 2. The molecular formula is C28H39N5O2. The summed E-state index contributed by atoms with van der Waals surface area (Å²) in [5.41, 5.74) is 15.7. The third kappa shape index (κ3) is 6.05. The van der Waals surface area contributed by atoms with E-state index in [1.807, 2.05) is 6.07 Å². The Morgan fingerprint density at radius 3 is 2.54 bits per heavy atom. The van der Waals surface area contributed by atoms with Crippen molar-refractivity contribution in [1.82, 2.24) is 9.88 Å². The summed E-state index contributed by atoms with van der Waals surface area (Å²) >= 11 is 0. The van der Waals surface area contributed by atoms with E-state index in [2.05, 4.69) is 64.0 Å². The van der Waals surface area contributed by atoms with Crippen LogP contribution in [0.1, 0.15) is 41.9 Å². The fourth-order valence-electron chi connectivity index (χ4n) is 4.73. The normalized spacial score (nSPS) is 14.0. The predicted molar refractivity (Wildman–Crippen MR) is 146 cm³/mol. The molecule has 4 aromatic rings. The van der Waals surface area contributed by atoms with E-state index >= 15 is 0 Å². The summed E-state index contributed by atoms with van der Waals surface area (Å²) in [4.78, 5) is 19.7. The van der Waals surface area contributed by atoms with Crippen molar-refractivity contribution in [3.63, 3.8) is 0 Å². The van der Waals surface area contributed by atoms with Crippen molar-refractivity contribution in [3.05, 3.63) is 65.5 Å². The number of aromatic amines is 1. The van der Waals surface area contributed by atoms with Crippen LogP contribution in [0.2, 0.25) is 0 Å². The third-order valence-electron chi connectivity index (χ3n) is 6.57. The second-order valence-electron chi connectivity index (χ2n) is 8.85. The van der Waals surface area contributed by atoms with Gasteiger partial charge in [-0.1, -0.05) is 19.1 Å². The lowest BCUT2D eigenvalue weighted by atomic mass is 10.1. The Kier molecular flexibility index (Phi) is 8.95. The molecule has 0 bridgehead atoms. The van der Waals surface area contributed by atoms with Crippen molar-refractivity contribution < 1.29 is 9.21 Å². The Morgan fingerprint density at radius 1 is 1.03 bits per heavy atom. The SMILES string of the molecule is C.CN.Cc1ccc2[nH]cc(CCCCN3CCN(c4ccc5oc(C(N)=O)cc5c4)CC3)c2c1. The van der Waals surface area contributed by atoms with Gasteiger partial charge in [0.25, 0.3) is 5.91 Å². The van der Waals surface area contributed by atoms with Crippen LogP contribution in [0.25, 0.3) is 21.9 Å². The number of fused-ring (bicyclic) bond motifs is 2. The maximum Gasteiger partial charge on any atom is 0.284 e. The van der Waals surface area contributed by atoms with Crippen LogP contribution in [-0.2, 0) is 6.42 Å². The van der Waals surface area contributed by atoms with Crippen LogP contribution in [0.3, 0.4) is 0 Å². The van der Waals surface area contributed by atoms with E-state index in [9.17, 15) is 4.79 Å². The van der Waals surface area contributed by atoms with E-state index in [1.165, 1.54) is 47.6 Å². The van der Waals surface area contributed by atoms with Gasteiger partial charge in [0.15, 0.2) is 5.76 Å². The van der Waals surface area contributed by atoms with Gasteiger partial charge in [0.05, 0.1) is 0 Å². The molecule has 0 aliphatic carbocycles. The Labute approximate surface area is 208 Å². The van der Waals surface area contributed by atoms with Gasteiger partial charge in [0.2, 0.25) is 0 Å². The maximum absolute atomic E-state index is 11.4. The molecule has 0 unspecified atom stereocenters. The van der Waals surface area contributed by atoms with Crippen LogP contribution in [0, 0.1) is 6.92 Å². The molecule has 7 heteroatoms. The average Bonchev–Trinajstić information content (AvgIpc) is 3.47. The molecule has 1 fully saturated rings. The van der Waals surface area contributed by atoms with Gasteiger partial charge in [-0.3, -0.25) is 9.69 Å². The number of carbonyl (C=O) groups excluding carboxylic acids is 1. The largest absolute Gasteiger partial charge is 0.451 e. The summed E-state index contributed by atoms with van der Waals surface area (Å²) in [6.45, 7) is 7.46. The highest BCUT2D eigenvalue weighted by Crippen LogP contribution is 2.26. The Bertz CT molecular complexity index is 1250. The molecule has 1 saturated heterocycles. The number of rotatable bonds is 7. The number of hydrogen-bond acceptors (Lipinski definition) is 5. The molecule has 7 nitrogen and oxygen atoms in total. The minimum Gasteiger partial charge on any atom is -0.451 e. The second kappa shape index (κ2) is 11.9.